The van der Waals surface area contributed by atoms with Crippen LogP contribution in [0.15, 0.2) is 0 Å². The van der Waals surface area contributed by atoms with Gasteiger partial charge in [0.15, 0.2) is 6.29 Å². The number of carbonyl (C=O) groups is 1. The van der Waals surface area contributed by atoms with Gasteiger partial charge in [-0.2, -0.15) is 0 Å². The Morgan fingerprint density at radius 2 is 1.69 bits per heavy atom. The predicted molar refractivity (Wildman–Crippen MR) is 132 cm³/mol. The highest BCUT2D eigenvalue weighted by Crippen LogP contribution is 2.69. The Balaban J connectivity index is 1.47. The summed E-state index contributed by atoms with van der Waals surface area (Å²) in [4.78, 5) is 13.8. The minimum absolute atomic E-state index is 0.0638. The fraction of sp³-hybridized carbons (Fsp3) is 0.966. The molecule has 8 unspecified atom stereocenters. The van der Waals surface area contributed by atoms with Crippen molar-refractivity contribution in [2.45, 2.75) is 123 Å². The monoisotopic (exact) mass is 492 g/mol. The molecule has 35 heavy (non-hydrogen) atoms. The molecule has 5 fully saturated rings. The van der Waals surface area contributed by atoms with Crippen molar-refractivity contribution in [3.8, 4) is 0 Å². The van der Waals surface area contributed by atoms with E-state index in [1.165, 1.54) is 0 Å². The van der Waals surface area contributed by atoms with Crippen molar-refractivity contribution < 1.29 is 30.0 Å². The Kier molecular flexibility index (Phi) is 6.53. The summed E-state index contributed by atoms with van der Waals surface area (Å²) in [6.07, 6.45) is 4.06. The molecule has 0 aromatic rings. The van der Waals surface area contributed by atoms with Crippen molar-refractivity contribution in [3.05, 3.63) is 0 Å². The van der Waals surface area contributed by atoms with E-state index in [0.717, 1.165) is 38.5 Å². The van der Waals surface area contributed by atoms with Gasteiger partial charge in [0, 0.05) is 30.1 Å². The van der Waals surface area contributed by atoms with Crippen LogP contribution >= 0.6 is 0 Å². The fourth-order valence-corrected chi connectivity index (χ4v) is 9.97. The first-order valence-electron chi connectivity index (χ1n) is 14.3. The molecule has 200 valence electrons. The molecule has 1 aliphatic heterocycles. The molecule has 0 radical (unpaired) electrons. The lowest BCUT2D eigenvalue weighted by Gasteiger charge is -2.67. The van der Waals surface area contributed by atoms with Gasteiger partial charge in [0.25, 0.3) is 0 Å². The van der Waals surface area contributed by atoms with Crippen LogP contribution in [0.25, 0.3) is 0 Å². The molecule has 0 bridgehead atoms. The number of ether oxygens (including phenoxy) is 1. The molecule has 0 aromatic carbocycles. The van der Waals surface area contributed by atoms with E-state index in [1.54, 1.807) is 0 Å². The lowest BCUT2D eigenvalue weighted by Crippen LogP contribution is -2.73. The molecule has 5 rings (SSSR count). The van der Waals surface area contributed by atoms with E-state index in [-0.39, 0.29) is 35.1 Å². The van der Waals surface area contributed by atoms with E-state index in [0.29, 0.717) is 31.1 Å². The molecule has 0 aromatic heterocycles. The average molecular weight is 493 g/mol. The van der Waals surface area contributed by atoms with Gasteiger partial charge in [-0.25, -0.2) is 0 Å². The van der Waals surface area contributed by atoms with Gasteiger partial charge in [0.05, 0.1) is 23.9 Å². The molecule has 6 heteroatoms. The second-order valence-electron chi connectivity index (χ2n) is 13.9. The Morgan fingerprint density at radius 3 is 2.37 bits per heavy atom. The molecular formula is C29H48O6. The summed E-state index contributed by atoms with van der Waals surface area (Å²) in [6, 6.07) is 0. The number of ketones is 1. The lowest BCUT2D eigenvalue weighted by molar-refractivity contribution is -0.291. The Morgan fingerprint density at radius 1 is 0.971 bits per heavy atom. The third-order valence-electron chi connectivity index (χ3n) is 12.2. The van der Waals surface area contributed by atoms with Gasteiger partial charge in [0.1, 0.15) is 5.78 Å². The molecule has 0 spiro atoms. The highest BCUT2D eigenvalue weighted by atomic mass is 16.6. The van der Waals surface area contributed by atoms with Crippen LogP contribution in [0.4, 0.5) is 0 Å². The number of hydrogen-bond acceptors (Lipinski definition) is 6. The van der Waals surface area contributed by atoms with Gasteiger partial charge in [-0.1, -0.05) is 47.5 Å². The first-order valence-corrected chi connectivity index (χ1v) is 14.3. The van der Waals surface area contributed by atoms with Gasteiger partial charge in [0.2, 0.25) is 0 Å². The van der Waals surface area contributed by atoms with Crippen LogP contribution in [0.3, 0.4) is 0 Å². The zero-order valence-electron chi connectivity index (χ0n) is 22.3. The Bertz CT molecular complexity index is 830. The first kappa shape index (κ1) is 26.1. The number of hydrogen-bond donors (Lipinski definition) is 4. The molecule has 6 nitrogen and oxygen atoms in total. The maximum Gasteiger partial charge on any atom is 0.155 e. The minimum atomic E-state index is -1.14. The largest absolute Gasteiger partial charge is 0.390 e. The number of aliphatic hydroxyl groups is 4. The molecule has 4 aliphatic carbocycles. The smallest absolute Gasteiger partial charge is 0.155 e. The normalized spacial score (nSPS) is 55.3. The van der Waals surface area contributed by atoms with Gasteiger partial charge in [-0.05, 0) is 67.1 Å². The van der Waals surface area contributed by atoms with Crippen LogP contribution in [-0.4, -0.2) is 56.4 Å². The standard InChI is InChI=1S/C29H48O6/c1-15(2)17-12-21(35-22(31)13-17)16(3)19-14-20(30)23-24-26(33)25(32)18-8-6-7-9-28(18,5)29(24,34)11-10-27(19,23)4/h15-19,21-26,31-34H,6-14H2,1-5H3/t16?,17?,18?,19?,21?,22?,23?,24?,25-,26-,27-,28+,29-/m1/s1. The molecule has 5 aliphatic rings. The first-order chi connectivity index (χ1) is 16.3. The van der Waals surface area contributed by atoms with Gasteiger partial charge in [-0.3, -0.25) is 4.79 Å². The van der Waals surface area contributed by atoms with Crippen molar-refractivity contribution >= 4 is 5.78 Å². The number of aliphatic hydroxyl groups excluding tert-OH is 3. The third kappa shape index (κ3) is 3.64. The van der Waals surface area contributed by atoms with E-state index in [1.807, 2.05) is 0 Å². The van der Waals surface area contributed by atoms with Crippen LogP contribution in [0.2, 0.25) is 0 Å². The molecule has 1 saturated heterocycles. The zero-order chi connectivity index (χ0) is 25.5. The summed E-state index contributed by atoms with van der Waals surface area (Å²) < 4.78 is 6.06. The fourth-order valence-electron chi connectivity index (χ4n) is 9.97. The van der Waals surface area contributed by atoms with Crippen molar-refractivity contribution in [1.29, 1.82) is 0 Å². The van der Waals surface area contributed by atoms with Crippen molar-refractivity contribution in [1.82, 2.24) is 0 Å². The van der Waals surface area contributed by atoms with Gasteiger partial charge in [-0.15, -0.1) is 0 Å². The molecule has 13 atom stereocenters. The second kappa shape index (κ2) is 8.76. The topological polar surface area (TPSA) is 107 Å². The van der Waals surface area contributed by atoms with Gasteiger partial charge < -0.3 is 25.2 Å². The second-order valence-corrected chi connectivity index (χ2v) is 13.9. The van der Waals surface area contributed by atoms with Crippen molar-refractivity contribution in [2.75, 3.05) is 0 Å². The Labute approximate surface area is 210 Å². The molecular weight excluding hydrogens is 444 g/mol. The third-order valence-corrected chi connectivity index (χ3v) is 12.2. The number of rotatable bonds is 3. The van der Waals surface area contributed by atoms with E-state index < -0.39 is 41.3 Å². The lowest BCUT2D eigenvalue weighted by atomic mass is 9.41. The van der Waals surface area contributed by atoms with E-state index in [2.05, 4.69) is 34.6 Å². The minimum Gasteiger partial charge on any atom is -0.390 e. The van der Waals surface area contributed by atoms with E-state index in [9.17, 15) is 25.2 Å². The number of fused-ring (bicyclic) bond motifs is 5. The highest BCUT2D eigenvalue weighted by Gasteiger charge is 2.73. The van der Waals surface area contributed by atoms with Crippen LogP contribution in [0, 0.1) is 52.3 Å². The molecule has 4 saturated carbocycles. The summed E-state index contributed by atoms with van der Waals surface area (Å²) in [5.41, 5.74) is -2.00. The molecule has 1 heterocycles. The maximum atomic E-state index is 13.8. The zero-order valence-corrected chi connectivity index (χ0v) is 22.3. The van der Waals surface area contributed by atoms with E-state index in [4.69, 9.17) is 4.74 Å². The molecule has 0 amide bonds. The number of carbonyl (C=O) groups excluding carboxylic acids is 1. The predicted octanol–water partition coefficient (Wildman–Crippen LogP) is 3.68. The van der Waals surface area contributed by atoms with Crippen molar-refractivity contribution in [2.24, 2.45) is 52.3 Å². The average Bonchev–Trinajstić information content (AvgIpc) is 3.07. The quantitative estimate of drug-likeness (QED) is 0.479. The van der Waals surface area contributed by atoms with E-state index >= 15 is 0 Å². The summed E-state index contributed by atoms with van der Waals surface area (Å²) in [7, 11) is 0. The van der Waals surface area contributed by atoms with Crippen molar-refractivity contribution in [3.63, 3.8) is 0 Å². The summed E-state index contributed by atoms with van der Waals surface area (Å²) >= 11 is 0. The van der Waals surface area contributed by atoms with Crippen LogP contribution in [0.5, 0.6) is 0 Å². The Hall–Kier alpha value is -0.530. The summed E-state index contributed by atoms with van der Waals surface area (Å²) in [5.74, 6) is -0.115. The summed E-state index contributed by atoms with van der Waals surface area (Å²) in [6.45, 7) is 10.8. The number of Topliss-reactive ketones (excluding diaryl/α,β-unsaturated/α-hetero) is 1. The maximum absolute atomic E-state index is 13.8. The SMILES string of the molecule is CC(C)C1CC(O)OC(C(C)C2CC(=O)C3C4[C@@H](O)[C@H](O)C5CCCC[C@]5(C)[C@@]4(O)CC[C@]23C)C1. The summed E-state index contributed by atoms with van der Waals surface area (Å²) in [5, 5.41) is 45.5. The van der Waals surface area contributed by atoms with Gasteiger partial charge >= 0.3 is 0 Å². The highest BCUT2D eigenvalue weighted by molar-refractivity contribution is 5.85. The van der Waals surface area contributed by atoms with Crippen LogP contribution in [0.1, 0.15) is 92.4 Å². The molecule has 4 N–H and O–H groups in total. The van der Waals surface area contributed by atoms with Crippen LogP contribution < -0.4 is 0 Å². The van der Waals surface area contributed by atoms with Crippen LogP contribution in [-0.2, 0) is 9.53 Å².